The molecule has 0 saturated heterocycles. The summed E-state index contributed by atoms with van der Waals surface area (Å²) in [4.78, 5) is 11.9. The largest absolute Gasteiger partial charge is 0.484 e. The minimum absolute atomic E-state index is 0.0617. The molecule has 6 heteroatoms. The predicted molar refractivity (Wildman–Crippen MR) is 97.7 cm³/mol. The number of para-hydroxylation sites is 1. The maximum atomic E-state index is 11.9. The lowest BCUT2D eigenvalue weighted by atomic mass is 10.1. The van der Waals surface area contributed by atoms with Crippen LogP contribution in [-0.2, 0) is 4.79 Å². The Labute approximate surface area is 148 Å². The molecule has 0 atom stereocenters. The highest BCUT2D eigenvalue weighted by molar-refractivity contribution is 5.90. The van der Waals surface area contributed by atoms with E-state index in [1.165, 1.54) is 38.5 Å². The van der Waals surface area contributed by atoms with E-state index in [1.54, 1.807) is 18.2 Å². The molecule has 0 radical (unpaired) electrons. The topological polar surface area (TPSA) is 76.1 Å². The quantitative estimate of drug-likeness (QED) is 0.785. The van der Waals surface area contributed by atoms with Crippen molar-refractivity contribution >= 4 is 17.5 Å². The number of nitrogens with one attached hydrogen (secondary N) is 2. The molecule has 25 heavy (non-hydrogen) atoms. The summed E-state index contributed by atoms with van der Waals surface area (Å²) in [7, 11) is 0. The first-order chi connectivity index (χ1) is 12.3. The van der Waals surface area contributed by atoms with Gasteiger partial charge >= 0.3 is 0 Å². The van der Waals surface area contributed by atoms with Crippen LogP contribution in [0.1, 0.15) is 38.5 Å². The van der Waals surface area contributed by atoms with Crippen LogP contribution in [0.3, 0.4) is 0 Å². The molecule has 1 heterocycles. The van der Waals surface area contributed by atoms with Gasteiger partial charge in [-0.2, -0.15) is 0 Å². The van der Waals surface area contributed by atoms with Crippen LogP contribution in [-0.4, -0.2) is 28.8 Å². The van der Waals surface area contributed by atoms with E-state index in [1.807, 2.05) is 24.3 Å². The van der Waals surface area contributed by atoms with Gasteiger partial charge in [0, 0.05) is 6.04 Å². The lowest BCUT2D eigenvalue weighted by Gasteiger charge is -2.16. The molecular weight excluding hydrogens is 316 g/mol. The Bertz CT molecular complexity index is 653. The van der Waals surface area contributed by atoms with Crippen LogP contribution in [0.25, 0.3) is 0 Å². The summed E-state index contributed by atoms with van der Waals surface area (Å²) < 4.78 is 5.40. The van der Waals surface area contributed by atoms with E-state index in [9.17, 15) is 4.79 Å². The average molecular weight is 340 g/mol. The van der Waals surface area contributed by atoms with Gasteiger partial charge in [0.1, 0.15) is 11.6 Å². The van der Waals surface area contributed by atoms with Crippen molar-refractivity contribution in [3.8, 4) is 5.75 Å². The number of rotatable bonds is 6. The van der Waals surface area contributed by atoms with Crippen LogP contribution in [0, 0.1) is 0 Å². The fraction of sp³-hybridized carbons (Fsp3) is 0.421. The first-order valence-electron chi connectivity index (χ1n) is 8.87. The zero-order valence-electron chi connectivity index (χ0n) is 14.3. The van der Waals surface area contributed by atoms with Gasteiger partial charge in [-0.25, -0.2) is 0 Å². The molecule has 1 aromatic carbocycles. The van der Waals surface area contributed by atoms with Crippen molar-refractivity contribution in [1.29, 1.82) is 0 Å². The summed E-state index contributed by atoms with van der Waals surface area (Å²) in [6.45, 7) is -0.0617. The van der Waals surface area contributed by atoms with Gasteiger partial charge in [-0.05, 0) is 37.1 Å². The maximum absolute atomic E-state index is 11.9. The summed E-state index contributed by atoms with van der Waals surface area (Å²) >= 11 is 0. The van der Waals surface area contributed by atoms with Crippen LogP contribution in [0.5, 0.6) is 5.75 Å². The monoisotopic (exact) mass is 340 g/mol. The second kappa shape index (κ2) is 9.01. The zero-order valence-corrected chi connectivity index (χ0v) is 14.3. The van der Waals surface area contributed by atoms with Crippen LogP contribution in [0.15, 0.2) is 42.5 Å². The number of hydrogen-bond donors (Lipinski definition) is 2. The maximum Gasteiger partial charge on any atom is 0.263 e. The number of anilines is 2. The molecular formula is C19H24N4O2. The SMILES string of the molecule is O=C(COc1ccccc1)Nc1ccc(NC2CCCCCC2)nn1. The van der Waals surface area contributed by atoms with Gasteiger partial charge in [-0.1, -0.05) is 43.9 Å². The molecule has 1 aliphatic rings. The van der Waals surface area contributed by atoms with E-state index in [0.29, 0.717) is 17.6 Å². The van der Waals surface area contributed by atoms with E-state index in [2.05, 4.69) is 20.8 Å². The molecule has 1 aromatic heterocycles. The average Bonchev–Trinajstić information content (AvgIpc) is 2.91. The van der Waals surface area contributed by atoms with Gasteiger partial charge in [0.15, 0.2) is 12.4 Å². The molecule has 2 N–H and O–H groups in total. The number of carbonyl (C=O) groups is 1. The van der Waals surface area contributed by atoms with Crippen LogP contribution < -0.4 is 15.4 Å². The standard InChI is InChI=1S/C19H24N4O2/c24-19(14-25-16-10-6-3-7-11-16)21-18-13-12-17(22-23-18)20-15-8-4-1-2-5-9-15/h3,6-7,10-13,15H,1-2,4-5,8-9,14H2,(H,20,22)(H,21,23,24). The van der Waals surface area contributed by atoms with E-state index < -0.39 is 0 Å². The van der Waals surface area contributed by atoms with Crippen molar-refractivity contribution in [2.45, 2.75) is 44.6 Å². The molecule has 1 aliphatic carbocycles. The second-order valence-corrected chi connectivity index (χ2v) is 6.29. The normalized spacial score (nSPS) is 15.2. The summed E-state index contributed by atoms with van der Waals surface area (Å²) in [6.07, 6.45) is 7.52. The molecule has 1 saturated carbocycles. The predicted octanol–water partition coefficient (Wildman–Crippen LogP) is 3.63. The number of nitrogens with zero attached hydrogens (tertiary/aromatic N) is 2. The van der Waals surface area contributed by atoms with Crippen LogP contribution in [0.2, 0.25) is 0 Å². The van der Waals surface area contributed by atoms with E-state index in [-0.39, 0.29) is 12.5 Å². The van der Waals surface area contributed by atoms with Gasteiger partial charge in [0.2, 0.25) is 0 Å². The number of ether oxygens (including phenoxy) is 1. The third kappa shape index (κ3) is 5.74. The first kappa shape index (κ1) is 17.2. The van der Waals surface area contributed by atoms with Crippen molar-refractivity contribution in [2.24, 2.45) is 0 Å². The van der Waals surface area contributed by atoms with E-state index in [4.69, 9.17) is 4.74 Å². The van der Waals surface area contributed by atoms with E-state index in [0.717, 1.165) is 5.82 Å². The highest BCUT2D eigenvalue weighted by Gasteiger charge is 2.12. The summed E-state index contributed by atoms with van der Waals surface area (Å²) in [5.41, 5.74) is 0. The highest BCUT2D eigenvalue weighted by Crippen LogP contribution is 2.20. The highest BCUT2D eigenvalue weighted by atomic mass is 16.5. The molecule has 1 fully saturated rings. The molecule has 2 aromatic rings. The van der Waals surface area contributed by atoms with Crippen LogP contribution >= 0.6 is 0 Å². The molecule has 132 valence electrons. The van der Waals surface area contributed by atoms with Crippen molar-refractivity contribution in [2.75, 3.05) is 17.2 Å². The number of hydrogen-bond acceptors (Lipinski definition) is 5. The van der Waals surface area contributed by atoms with Gasteiger partial charge in [-0.3, -0.25) is 4.79 Å². The fourth-order valence-electron chi connectivity index (χ4n) is 2.95. The number of aromatic nitrogens is 2. The lowest BCUT2D eigenvalue weighted by molar-refractivity contribution is -0.118. The molecule has 0 spiro atoms. The minimum atomic E-state index is -0.261. The van der Waals surface area contributed by atoms with Gasteiger partial charge in [-0.15, -0.1) is 10.2 Å². The molecule has 3 rings (SSSR count). The smallest absolute Gasteiger partial charge is 0.263 e. The van der Waals surface area contributed by atoms with Crippen molar-refractivity contribution in [3.05, 3.63) is 42.5 Å². The van der Waals surface area contributed by atoms with Crippen molar-refractivity contribution in [3.63, 3.8) is 0 Å². The number of carbonyl (C=O) groups excluding carboxylic acids is 1. The second-order valence-electron chi connectivity index (χ2n) is 6.29. The number of amides is 1. The van der Waals surface area contributed by atoms with Crippen molar-refractivity contribution in [1.82, 2.24) is 10.2 Å². The third-order valence-electron chi connectivity index (χ3n) is 4.25. The first-order valence-corrected chi connectivity index (χ1v) is 8.87. The Hall–Kier alpha value is -2.63. The van der Waals surface area contributed by atoms with Gasteiger partial charge in [0.25, 0.3) is 5.91 Å². The summed E-state index contributed by atoms with van der Waals surface area (Å²) in [5, 5.41) is 14.3. The van der Waals surface area contributed by atoms with Crippen LogP contribution in [0.4, 0.5) is 11.6 Å². The Balaban J connectivity index is 1.46. The summed E-state index contributed by atoms with van der Waals surface area (Å²) in [5.74, 6) is 1.58. The van der Waals surface area contributed by atoms with Gasteiger partial charge < -0.3 is 15.4 Å². The Kier molecular flexibility index (Phi) is 6.20. The zero-order chi connectivity index (χ0) is 17.3. The fourth-order valence-corrected chi connectivity index (χ4v) is 2.95. The summed E-state index contributed by atoms with van der Waals surface area (Å²) in [6, 6.07) is 13.3. The molecule has 1 amide bonds. The molecule has 0 bridgehead atoms. The van der Waals surface area contributed by atoms with Crippen molar-refractivity contribution < 1.29 is 9.53 Å². The minimum Gasteiger partial charge on any atom is -0.484 e. The lowest BCUT2D eigenvalue weighted by Crippen LogP contribution is -2.22. The molecule has 0 aliphatic heterocycles. The Morgan fingerprint density at radius 3 is 2.32 bits per heavy atom. The van der Waals surface area contributed by atoms with Gasteiger partial charge in [0.05, 0.1) is 0 Å². The molecule has 6 nitrogen and oxygen atoms in total. The molecule has 0 unspecified atom stereocenters. The Morgan fingerprint density at radius 1 is 0.960 bits per heavy atom. The van der Waals surface area contributed by atoms with E-state index >= 15 is 0 Å². The third-order valence-corrected chi connectivity index (χ3v) is 4.25. The Morgan fingerprint density at radius 2 is 1.64 bits per heavy atom. The number of benzene rings is 1.